The number of fused-ring (bicyclic) bond motifs is 17. The summed E-state index contributed by atoms with van der Waals surface area (Å²) in [5.74, 6) is 0.425. The second-order valence-electron chi connectivity index (χ2n) is 41.6. The zero-order valence-electron chi connectivity index (χ0n) is 81.6. The van der Waals surface area contributed by atoms with E-state index in [1.807, 2.05) is 96.9 Å². The molecule has 3 radical (unpaired) electrons. The molecule has 4 aliphatic carbocycles. The van der Waals surface area contributed by atoms with Crippen LogP contribution in [0.1, 0.15) is 253 Å². The standard InChI is InChI=1S/C34H43F2N4O6.C34H45F2N4O6.C31H41N4O6.CH2F2.3V.3H2/c1-5-20-26(17-41)40-16-28(20)45-30-24(37-23-12-11-19(44-32(35)36)15-25(23)38-30)10-8-6-7-9-21-22-13-18(22)14-27(21)46-33(43)39-29(31(40)42)34(2,3)4;1-6-22-26(19-41)40-18-27(22)45-29-24(37-23-15-14-21(44-31(35)36)17-25(23)38-29)13-9-7-8-11-20-12-10-16-34(20,5)46-32(43)39-28(30(40)42)33(2,3)4;1-6-20-24(17-36)35-16-25(20)40-27-22(32-21-13-12-19(37)14-23(21)33-27)11-9-7-8-10-18-15-31(18,5)41-29(39)34-26(28(35)38)30(2,3)4;2-1-3;;;;;;/h11-12,15,18,20-22,26-29,32H,5-10,13-14,16H2,1-4H3,(H,39,43);14-15,17,20,22,26-28,31H,6-13,16,18H2,1-5H3,(H,39,43);12-14,18,20,24-26,37H,6-11,15-16H2,1-5H3,(H,34,39);1H2;;;;3*1H/q3*-1;;;;;;;/t18?,20-,21+,22?,26+,27+,28-,29+;20-,22+,26-,27+,28-,34-;18-,20+,24-,25+,26-,31-;;;;;;;/m011......./s1. The second kappa shape index (κ2) is 48.0. The number of aryl methyl sites for hydroxylation is 3. The van der Waals surface area contributed by atoms with Gasteiger partial charge in [-0.25, -0.2) is 71.9 Å². The molecule has 3 saturated heterocycles. The number of carbonyl (C=O) groups is 6. The number of benzene rings is 3. The van der Waals surface area contributed by atoms with Crippen LogP contribution in [0.4, 0.5) is 40.7 Å². The molecule has 20 atom stereocenters. The van der Waals surface area contributed by atoms with Gasteiger partial charge in [0.25, 0.3) is 0 Å². The van der Waals surface area contributed by atoms with E-state index in [0.717, 1.165) is 115 Å². The van der Waals surface area contributed by atoms with Gasteiger partial charge in [0.2, 0.25) is 42.3 Å². The van der Waals surface area contributed by atoms with E-state index in [2.05, 4.69) is 44.3 Å². The maximum atomic E-state index is 14.2. The van der Waals surface area contributed by atoms with Crippen molar-refractivity contribution < 1.29 is 172 Å². The Morgan fingerprint density at radius 3 is 1.19 bits per heavy atom. The second-order valence-corrected chi connectivity index (χ2v) is 41.6. The van der Waals surface area contributed by atoms with E-state index in [1.54, 1.807) is 30.3 Å². The fourth-order valence-corrected chi connectivity index (χ4v) is 21.5. The molecule has 6 amide bonds. The van der Waals surface area contributed by atoms with Gasteiger partial charge in [0.05, 0.1) is 52.7 Å². The summed E-state index contributed by atoms with van der Waals surface area (Å²) in [7, 11) is 0. The molecule has 6 aromatic rings. The van der Waals surface area contributed by atoms with Gasteiger partial charge in [-0.3, -0.25) is 14.4 Å². The van der Waals surface area contributed by atoms with Crippen molar-refractivity contribution in [1.82, 2.24) is 60.6 Å². The first kappa shape index (κ1) is 112. The number of nitrogens with one attached hydrogen (secondary N) is 3. The summed E-state index contributed by atoms with van der Waals surface area (Å²) in [5.41, 5.74) is 1.64. The molecule has 2 unspecified atom stereocenters. The van der Waals surface area contributed by atoms with Gasteiger partial charge in [0, 0.05) is 84.1 Å². The molecule has 10 aliphatic rings. The number of alkyl halides is 6. The number of amides is 6. The van der Waals surface area contributed by atoms with Crippen molar-refractivity contribution in [2.75, 3.05) is 26.6 Å². The first-order chi connectivity index (χ1) is 64.6. The van der Waals surface area contributed by atoms with Crippen LogP contribution in [0.5, 0.6) is 34.9 Å². The van der Waals surface area contributed by atoms with Crippen molar-refractivity contribution in [3.05, 3.63) is 71.7 Å². The van der Waals surface area contributed by atoms with Crippen molar-refractivity contribution in [2.24, 2.45) is 63.6 Å². The van der Waals surface area contributed by atoms with Crippen LogP contribution in [-0.4, -0.2) is 216 Å². The summed E-state index contributed by atoms with van der Waals surface area (Å²) in [4.78, 5) is 152. The summed E-state index contributed by atoms with van der Waals surface area (Å²) in [6.07, 6.45) is 22.3. The van der Waals surface area contributed by atoms with Gasteiger partial charge in [0.1, 0.15) is 88.1 Å². The van der Waals surface area contributed by atoms with E-state index in [9.17, 15) is 74.6 Å². The molecule has 4 saturated carbocycles. The Hall–Kier alpha value is -8.96. The van der Waals surface area contributed by atoms with Crippen LogP contribution in [0.15, 0.2) is 54.6 Å². The van der Waals surface area contributed by atoms with Crippen LogP contribution in [0, 0.1) is 63.6 Å². The third-order valence-electron chi connectivity index (χ3n) is 29.1. The summed E-state index contributed by atoms with van der Waals surface area (Å²) < 4.78 is 118. The Kier molecular flexibility index (Phi) is 38.6. The zero-order valence-corrected chi connectivity index (χ0v) is 85.8. The molecule has 3 aromatic carbocycles. The molecule has 39 heteroatoms. The first-order valence-electron chi connectivity index (χ1n) is 48.3. The maximum Gasteiger partial charge on any atom is 0.408 e. The Balaban J connectivity index is 0.000000280. The van der Waals surface area contributed by atoms with Crippen molar-refractivity contribution in [3.8, 4) is 34.9 Å². The molecule has 6 aliphatic heterocycles. The van der Waals surface area contributed by atoms with E-state index in [0.29, 0.717) is 107 Å². The van der Waals surface area contributed by atoms with Crippen LogP contribution in [0.2, 0.25) is 0 Å². The zero-order chi connectivity index (χ0) is 98.2. The van der Waals surface area contributed by atoms with Crippen LogP contribution in [-0.2, 0) is 118 Å². The predicted octanol–water partition coefficient (Wildman–Crippen LogP) is 17.8. The molecule has 6 bridgehead atoms. The van der Waals surface area contributed by atoms with Gasteiger partial charge in [-0.1, -0.05) is 159 Å². The van der Waals surface area contributed by atoms with Gasteiger partial charge in [0.15, 0.2) is 0 Å². The monoisotopic (exact) mass is 2060 g/mol. The third kappa shape index (κ3) is 26.9. The predicted molar refractivity (Wildman–Crippen MR) is 496 cm³/mol. The van der Waals surface area contributed by atoms with Crippen LogP contribution < -0.4 is 39.6 Å². The van der Waals surface area contributed by atoms with E-state index in [-0.39, 0.29) is 138 Å². The number of hydrogen-bond acceptors (Lipinski definition) is 24. The van der Waals surface area contributed by atoms with Crippen LogP contribution in [0.3, 0.4) is 0 Å². The van der Waals surface area contributed by atoms with Gasteiger partial charge >= 0.3 is 31.5 Å². The van der Waals surface area contributed by atoms with Gasteiger partial charge < -0.3 is 88.0 Å². The molecule has 139 heavy (non-hydrogen) atoms. The summed E-state index contributed by atoms with van der Waals surface area (Å²) >= 11 is 0. The molecule has 16 rings (SSSR count). The Morgan fingerprint density at radius 1 is 0.453 bits per heavy atom. The number of rotatable bonds is 10. The molecule has 7 fully saturated rings. The molecule has 9 heterocycles. The number of aromatic nitrogens is 6. The van der Waals surface area contributed by atoms with E-state index in [1.165, 1.54) is 45.4 Å². The van der Waals surface area contributed by atoms with E-state index < -0.39 is 144 Å². The number of nitrogens with zero attached hydrogens (tertiary/aromatic N) is 9. The number of halogens is 6. The van der Waals surface area contributed by atoms with Crippen molar-refractivity contribution in [3.63, 3.8) is 0 Å². The van der Waals surface area contributed by atoms with Crippen LogP contribution in [0.25, 0.3) is 33.1 Å². The van der Waals surface area contributed by atoms with E-state index >= 15 is 0 Å². The minimum atomic E-state index is -2.99. The molecular weight excluding hydrogens is 1920 g/mol. The smallest absolute Gasteiger partial charge is 0.408 e. The molecule has 0 spiro atoms. The molecule has 4 N–H and O–H groups in total. The number of phenols is 1. The SMILES string of the molecule is CC[C@@H]1[C@@H]2CN(C(=O)[C@H](C(C)(C)C)NC(=O)O[C@@H]3CC4CC4[C@H]3CCCCCc3nc4ccc(OC(F)F)cc4nc3O2)[C@@H]1[C-]=O.CC[C@@H]1[C@@H]2CN(C(=O)[C@H](C(C)(C)C)NC(=O)O[C@]3(C)CCC[C@H]3CCCCCc3nc4ccc(OC(F)F)cc4nc3O2)[C@@H]1[C-]=O.CC[C@@H]1[C@@H]2CN(C(=O)[C@H](C(C)(C)C)NC(=O)O[C@]3(C)C[C@H]3CCCCCc3nc4ccc(O)cc4nc3O2)[C@@H]1[C-]=O.FCF.[HH].[HH].[HH].[V].[V].[V]. The van der Waals surface area contributed by atoms with Crippen molar-refractivity contribution >= 4 is 88.0 Å². The average molecular weight is 2060 g/mol. The Labute approximate surface area is 848 Å². The summed E-state index contributed by atoms with van der Waals surface area (Å²) in [5, 5.41) is 18.6. The van der Waals surface area contributed by atoms with Gasteiger partial charge in [-0.2, -0.15) is 17.6 Å². The molecular formula is C100H137F6N12O18V3-3. The number of aromatic hydroxyl groups is 1. The third-order valence-corrected chi connectivity index (χ3v) is 29.1. The fourth-order valence-electron chi connectivity index (χ4n) is 21.5. The van der Waals surface area contributed by atoms with Crippen LogP contribution >= 0.6 is 0 Å². The normalized spacial score (nSPS) is 29.7. The Bertz CT molecular complexity index is 5190. The van der Waals surface area contributed by atoms with Gasteiger partial charge in [-0.05, 0) is 204 Å². The Morgan fingerprint density at radius 2 is 0.813 bits per heavy atom. The number of hydrogen-bond donors (Lipinski definition) is 4. The quantitative estimate of drug-likeness (QED) is 0.0562. The van der Waals surface area contributed by atoms with Crippen molar-refractivity contribution in [1.29, 1.82) is 0 Å². The number of alkyl carbamates (subject to hydrolysis) is 3. The average Bonchev–Trinajstić information content (AvgIpc) is 1.59. The molecule has 30 nitrogen and oxygen atoms in total. The molecule has 765 valence electrons. The first-order valence-corrected chi connectivity index (χ1v) is 48.3. The minimum absolute atomic E-state index is 0. The van der Waals surface area contributed by atoms with E-state index in [4.69, 9.17) is 58.3 Å². The largest absolute Gasteiger partial charge is 0.540 e. The summed E-state index contributed by atoms with van der Waals surface area (Å²) in [6, 6.07) is 8.23. The number of phenolic OH excluding ortho intramolecular Hbond substituents is 1. The summed E-state index contributed by atoms with van der Waals surface area (Å²) in [6.45, 7) is 19.0. The van der Waals surface area contributed by atoms with Crippen molar-refractivity contribution in [2.45, 2.75) is 336 Å². The van der Waals surface area contributed by atoms with Gasteiger partial charge in [-0.15, -0.1) is 0 Å². The molecule has 3 aromatic heterocycles. The minimum Gasteiger partial charge on any atom is -0.540 e. The topological polar surface area (TPSA) is 371 Å². The number of carbonyl (C=O) groups excluding carboxylic acids is 9. The fraction of sp³-hybridized carbons (Fsp3) is 0.670. The number of ether oxygens (including phenoxy) is 8. The maximum absolute atomic E-state index is 14.2.